The lowest BCUT2D eigenvalue weighted by Gasteiger charge is -2.14. The molecule has 36 heavy (non-hydrogen) atoms. The van der Waals surface area contributed by atoms with E-state index in [9.17, 15) is 0 Å². The number of rotatable bonds is 7. The molecule has 6 rings (SSSR count). The first-order valence-corrected chi connectivity index (χ1v) is 11.7. The molecule has 178 valence electrons. The first kappa shape index (κ1) is 21.9. The molecule has 9 heteroatoms. The molecule has 0 aromatic carbocycles. The van der Waals surface area contributed by atoms with Crippen LogP contribution in [0.3, 0.4) is 0 Å². The fraction of sp³-hybridized carbons (Fsp3) is 0.148. The highest BCUT2D eigenvalue weighted by Gasteiger charge is 2.18. The van der Waals surface area contributed by atoms with Crippen LogP contribution in [0.25, 0.3) is 50.4 Å². The number of likely N-dealkylation sites (N-methyl/N-ethyl adjacent to an activating group) is 1. The molecule has 0 saturated carbocycles. The van der Waals surface area contributed by atoms with Gasteiger partial charge in [-0.25, -0.2) is 9.97 Å². The lowest BCUT2D eigenvalue weighted by atomic mass is 10.1. The Kier molecular flexibility index (Phi) is 5.38. The molecule has 0 unspecified atom stereocenters. The highest BCUT2D eigenvalue weighted by molar-refractivity contribution is 5.95. The van der Waals surface area contributed by atoms with Crippen molar-refractivity contribution < 1.29 is 0 Å². The number of nitrogens with zero attached hydrogens (tertiary/aromatic N) is 6. The minimum absolute atomic E-state index is 0.645. The van der Waals surface area contributed by atoms with E-state index in [0.717, 1.165) is 68.9 Å². The van der Waals surface area contributed by atoms with Crippen LogP contribution in [0, 0.1) is 0 Å². The summed E-state index contributed by atoms with van der Waals surface area (Å²) in [6.07, 6.45) is 12.6. The van der Waals surface area contributed by atoms with Crippen LogP contribution in [0.15, 0.2) is 73.4 Å². The summed E-state index contributed by atoms with van der Waals surface area (Å²) >= 11 is 0. The van der Waals surface area contributed by atoms with Crippen molar-refractivity contribution in [3.63, 3.8) is 0 Å². The van der Waals surface area contributed by atoms with Crippen molar-refractivity contribution in [1.82, 2.24) is 40.0 Å². The maximum atomic E-state index is 4.93. The summed E-state index contributed by atoms with van der Waals surface area (Å²) in [6.45, 7) is 4.82. The zero-order valence-electron chi connectivity index (χ0n) is 20.1. The van der Waals surface area contributed by atoms with Crippen LogP contribution >= 0.6 is 0 Å². The molecule has 1 aliphatic rings. The minimum Gasteiger partial charge on any atom is -0.357 e. The van der Waals surface area contributed by atoms with Gasteiger partial charge in [0.05, 0.1) is 34.3 Å². The molecule has 0 fully saturated rings. The van der Waals surface area contributed by atoms with Gasteiger partial charge in [-0.3, -0.25) is 15.1 Å². The molecule has 0 saturated heterocycles. The second-order valence-electron chi connectivity index (χ2n) is 9.03. The van der Waals surface area contributed by atoms with Gasteiger partial charge < -0.3 is 15.2 Å². The molecule has 5 aromatic heterocycles. The van der Waals surface area contributed by atoms with Crippen molar-refractivity contribution in [2.75, 3.05) is 26.0 Å². The van der Waals surface area contributed by atoms with Crippen LogP contribution in [-0.2, 0) is 0 Å². The number of hydrogen-bond acceptors (Lipinski definition) is 7. The lowest BCUT2D eigenvalue weighted by Crippen LogP contribution is -2.18. The Labute approximate surface area is 207 Å². The number of pyridine rings is 3. The van der Waals surface area contributed by atoms with E-state index in [2.05, 4.69) is 60.2 Å². The molecule has 0 bridgehead atoms. The number of aromatic nitrogens is 7. The van der Waals surface area contributed by atoms with Crippen LogP contribution in [0.5, 0.6) is 0 Å². The zero-order valence-corrected chi connectivity index (χ0v) is 20.1. The van der Waals surface area contributed by atoms with E-state index in [4.69, 9.17) is 9.97 Å². The quantitative estimate of drug-likeness (QED) is 0.310. The van der Waals surface area contributed by atoms with E-state index in [1.165, 1.54) is 0 Å². The average Bonchev–Trinajstić information content (AvgIpc) is 3.62. The Balaban J connectivity index is 1.37. The first-order valence-electron chi connectivity index (χ1n) is 11.7. The fourth-order valence-electron chi connectivity index (χ4n) is 4.39. The van der Waals surface area contributed by atoms with Crippen LogP contribution in [0.1, 0.15) is 12.1 Å². The number of fused-ring (bicyclic) bond motifs is 2. The third-order valence-corrected chi connectivity index (χ3v) is 5.94. The molecule has 0 atom stereocenters. The molecular weight excluding hydrogens is 450 g/mol. The molecule has 0 spiro atoms. The second kappa shape index (κ2) is 8.86. The Morgan fingerprint density at radius 2 is 1.97 bits per heavy atom. The third kappa shape index (κ3) is 4.05. The molecule has 5 heterocycles. The van der Waals surface area contributed by atoms with E-state index < -0.39 is 0 Å². The summed E-state index contributed by atoms with van der Waals surface area (Å²) < 4.78 is 0. The van der Waals surface area contributed by atoms with Crippen LogP contribution in [-0.4, -0.2) is 60.7 Å². The standard InChI is InChI=1S/C27H25N9/c1-16(15-36(2)3)30-19-12-18(13-28-14-19)20-8-9-22-25(31-20)26(35-34-22)27-32-21-10-11-29-23(24(21)33-27)17-6-4-5-7-17/h4,6-14,30H,1,5,15H2,2-3H3,(H,32,33)(H,34,35). The van der Waals surface area contributed by atoms with Crippen molar-refractivity contribution in [3.8, 4) is 22.8 Å². The van der Waals surface area contributed by atoms with Gasteiger partial charge >= 0.3 is 0 Å². The van der Waals surface area contributed by atoms with Gasteiger partial charge in [0, 0.05) is 30.2 Å². The predicted octanol–water partition coefficient (Wildman–Crippen LogP) is 4.79. The van der Waals surface area contributed by atoms with Crippen LogP contribution < -0.4 is 5.32 Å². The third-order valence-electron chi connectivity index (χ3n) is 5.94. The molecule has 5 aromatic rings. The number of aromatic amines is 2. The number of anilines is 1. The summed E-state index contributed by atoms with van der Waals surface area (Å²) in [7, 11) is 4.01. The van der Waals surface area contributed by atoms with E-state index in [-0.39, 0.29) is 0 Å². The summed E-state index contributed by atoms with van der Waals surface area (Å²) in [5.74, 6) is 0.645. The summed E-state index contributed by atoms with van der Waals surface area (Å²) in [5, 5.41) is 10.9. The number of H-pyrrole nitrogens is 2. The Bertz CT molecular complexity index is 1670. The van der Waals surface area contributed by atoms with Crippen LogP contribution in [0.4, 0.5) is 5.69 Å². The Morgan fingerprint density at radius 3 is 2.81 bits per heavy atom. The largest absolute Gasteiger partial charge is 0.357 e. The van der Waals surface area contributed by atoms with E-state index in [0.29, 0.717) is 11.5 Å². The fourth-order valence-corrected chi connectivity index (χ4v) is 4.39. The molecule has 3 N–H and O–H groups in total. The van der Waals surface area contributed by atoms with Crippen molar-refractivity contribution in [2.45, 2.75) is 6.42 Å². The van der Waals surface area contributed by atoms with Gasteiger partial charge in [0.25, 0.3) is 0 Å². The van der Waals surface area contributed by atoms with Gasteiger partial charge in [0.15, 0.2) is 11.5 Å². The lowest BCUT2D eigenvalue weighted by molar-refractivity contribution is 0.447. The van der Waals surface area contributed by atoms with Crippen molar-refractivity contribution in [3.05, 3.63) is 79.1 Å². The topological polar surface area (TPSA) is 111 Å². The molecule has 0 radical (unpaired) electrons. The number of hydrogen-bond donors (Lipinski definition) is 3. The van der Waals surface area contributed by atoms with Gasteiger partial charge in [-0.15, -0.1) is 0 Å². The molecule has 0 amide bonds. The summed E-state index contributed by atoms with van der Waals surface area (Å²) in [6, 6.07) is 7.88. The molecule has 0 aliphatic heterocycles. The van der Waals surface area contributed by atoms with Crippen molar-refractivity contribution in [2.24, 2.45) is 0 Å². The first-order chi connectivity index (χ1) is 17.5. The maximum absolute atomic E-state index is 4.93. The number of nitrogens with one attached hydrogen (secondary N) is 3. The normalized spacial score (nSPS) is 13.1. The van der Waals surface area contributed by atoms with E-state index in [1.54, 1.807) is 18.6 Å². The zero-order chi connectivity index (χ0) is 24.6. The van der Waals surface area contributed by atoms with E-state index in [1.807, 2.05) is 38.4 Å². The molecule has 1 aliphatic carbocycles. The monoisotopic (exact) mass is 475 g/mol. The SMILES string of the molecule is C=C(CN(C)C)Nc1cncc(-c2ccc3[nH]nc(-c4nc5c(C6=CCC=C6)nccc5[nH]4)c3n2)c1. The van der Waals surface area contributed by atoms with Crippen molar-refractivity contribution >= 4 is 33.3 Å². The predicted molar refractivity (Wildman–Crippen MR) is 143 cm³/mol. The smallest absolute Gasteiger partial charge is 0.161 e. The van der Waals surface area contributed by atoms with Crippen molar-refractivity contribution in [1.29, 1.82) is 0 Å². The molecular formula is C27H25N9. The number of imidazole rings is 1. The highest BCUT2D eigenvalue weighted by Crippen LogP contribution is 2.31. The average molecular weight is 476 g/mol. The van der Waals surface area contributed by atoms with Gasteiger partial charge in [-0.2, -0.15) is 5.10 Å². The Morgan fingerprint density at radius 1 is 1.08 bits per heavy atom. The second-order valence-corrected chi connectivity index (χ2v) is 9.03. The van der Waals surface area contributed by atoms with E-state index >= 15 is 0 Å². The molecule has 9 nitrogen and oxygen atoms in total. The Hall–Kier alpha value is -4.63. The van der Waals surface area contributed by atoms with Gasteiger partial charge in [0.2, 0.25) is 0 Å². The number of allylic oxidation sites excluding steroid dienone is 4. The van der Waals surface area contributed by atoms with Gasteiger partial charge in [-0.05, 0) is 50.4 Å². The maximum Gasteiger partial charge on any atom is 0.161 e. The summed E-state index contributed by atoms with van der Waals surface area (Å²) in [4.78, 5) is 24.2. The highest BCUT2D eigenvalue weighted by atomic mass is 15.2. The van der Waals surface area contributed by atoms with Gasteiger partial charge in [-0.1, -0.05) is 24.8 Å². The minimum atomic E-state index is 0.645. The van der Waals surface area contributed by atoms with Crippen LogP contribution in [0.2, 0.25) is 0 Å². The van der Waals surface area contributed by atoms with Gasteiger partial charge in [0.1, 0.15) is 11.0 Å². The summed E-state index contributed by atoms with van der Waals surface area (Å²) in [5.41, 5.74) is 9.33.